The van der Waals surface area contributed by atoms with Crippen LogP contribution in [-0.4, -0.2) is 14.5 Å². The Kier molecular flexibility index (Phi) is 9.97. The van der Waals surface area contributed by atoms with E-state index in [0.29, 0.717) is 44.9 Å². The van der Waals surface area contributed by atoms with Gasteiger partial charge in [0.1, 0.15) is 0 Å². The molecular formula is C57H30N8. The van der Waals surface area contributed by atoms with Gasteiger partial charge >= 0.3 is 0 Å². The van der Waals surface area contributed by atoms with Crippen LogP contribution in [0.25, 0.3) is 94.8 Å². The first kappa shape index (κ1) is 39.2. The van der Waals surface area contributed by atoms with Crippen molar-refractivity contribution in [3.63, 3.8) is 0 Å². The Bertz CT molecular complexity index is 3600. The Balaban J connectivity index is 1.34. The fourth-order valence-corrected chi connectivity index (χ4v) is 8.70. The van der Waals surface area contributed by atoms with Crippen LogP contribution < -0.4 is 0 Å². The highest BCUT2D eigenvalue weighted by Crippen LogP contribution is 2.46. The summed E-state index contributed by atoms with van der Waals surface area (Å²) in [5.41, 5.74) is 11.8. The zero-order valence-electron chi connectivity index (χ0n) is 34.4. The Morgan fingerprint density at radius 3 is 1.45 bits per heavy atom. The summed E-state index contributed by atoms with van der Waals surface area (Å²) in [6.07, 6.45) is 0. The van der Waals surface area contributed by atoms with Crippen LogP contribution in [0.1, 0.15) is 27.8 Å². The van der Waals surface area contributed by atoms with Crippen LogP contribution in [0.5, 0.6) is 0 Å². The number of hydrogen-bond donors (Lipinski definition) is 0. The third-order valence-corrected chi connectivity index (χ3v) is 11.6. The summed E-state index contributed by atoms with van der Waals surface area (Å²) in [6, 6.07) is 69.1. The molecule has 0 N–H and O–H groups in total. The predicted octanol–water partition coefficient (Wildman–Crippen LogP) is 12.9. The van der Waals surface area contributed by atoms with Gasteiger partial charge in [-0.1, -0.05) is 121 Å². The van der Waals surface area contributed by atoms with Crippen LogP contribution in [0.15, 0.2) is 182 Å². The van der Waals surface area contributed by atoms with Crippen molar-refractivity contribution >= 4 is 21.8 Å². The van der Waals surface area contributed by atoms with Crippen molar-refractivity contribution in [2.24, 2.45) is 0 Å². The van der Waals surface area contributed by atoms with Gasteiger partial charge in [-0.05, 0) is 66.2 Å². The monoisotopic (exact) mass is 826 g/mol. The molecule has 8 aromatic carbocycles. The molecule has 0 saturated heterocycles. The molecule has 0 unspecified atom stereocenters. The van der Waals surface area contributed by atoms with Gasteiger partial charge in [0.2, 0.25) is 0 Å². The van der Waals surface area contributed by atoms with Gasteiger partial charge in [-0.15, -0.1) is 0 Å². The normalized spacial score (nSPS) is 10.7. The van der Waals surface area contributed by atoms with E-state index in [4.69, 9.17) is 9.97 Å². The lowest BCUT2D eigenvalue weighted by Crippen LogP contribution is -2.04. The molecule has 8 heteroatoms. The molecule has 0 atom stereocenters. The molecule has 0 amide bonds. The van der Waals surface area contributed by atoms with E-state index >= 15 is 0 Å². The summed E-state index contributed by atoms with van der Waals surface area (Å²) in [6.45, 7) is 0. The van der Waals surface area contributed by atoms with E-state index in [1.807, 2.05) is 146 Å². The lowest BCUT2D eigenvalue weighted by Gasteiger charge is -2.22. The first-order chi connectivity index (χ1) is 32.0. The summed E-state index contributed by atoms with van der Waals surface area (Å²) in [4.78, 5) is 10.3. The molecule has 0 bridgehead atoms. The van der Waals surface area contributed by atoms with E-state index < -0.39 is 0 Å². The molecule has 0 radical (unpaired) electrons. The van der Waals surface area contributed by atoms with Crippen LogP contribution in [0, 0.1) is 56.7 Å². The average Bonchev–Trinajstić information content (AvgIpc) is 3.71. The van der Waals surface area contributed by atoms with E-state index in [2.05, 4.69) is 47.0 Å². The number of fused-ring (bicyclic) bond motifs is 3. The Hall–Kier alpha value is -9.91. The van der Waals surface area contributed by atoms with Gasteiger partial charge in [0, 0.05) is 55.3 Å². The van der Waals surface area contributed by atoms with E-state index in [0.717, 1.165) is 61.0 Å². The molecule has 0 aliphatic rings. The average molecular weight is 827 g/mol. The van der Waals surface area contributed by atoms with Gasteiger partial charge in [-0.25, -0.2) is 9.97 Å². The minimum absolute atomic E-state index is 0.223. The molecule has 0 spiro atoms. The quantitative estimate of drug-likeness (QED) is 0.155. The number of rotatable bonds is 7. The fraction of sp³-hybridized carbons (Fsp3) is 0. The van der Waals surface area contributed by atoms with Gasteiger partial charge in [0.15, 0.2) is 5.82 Å². The molecule has 2 heterocycles. The first-order valence-electron chi connectivity index (χ1n) is 20.6. The van der Waals surface area contributed by atoms with Gasteiger partial charge in [-0.2, -0.15) is 26.3 Å². The molecular weight excluding hydrogens is 797 g/mol. The van der Waals surface area contributed by atoms with Crippen molar-refractivity contribution in [2.75, 3.05) is 0 Å². The molecule has 10 rings (SSSR count). The molecule has 8 nitrogen and oxygen atoms in total. The second-order valence-corrected chi connectivity index (χ2v) is 15.3. The van der Waals surface area contributed by atoms with E-state index in [-0.39, 0.29) is 16.7 Å². The Morgan fingerprint density at radius 2 is 0.862 bits per heavy atom. The predicted molar refractivity (Wildman–Crippen MR) is 253 cm³/mol. The largest absolute Gasteiger partial charge is 0.308 e. The SMILES string of the molecule is N#Cc1cc(C#N)c(-c2ccc3c(c2)c2ccccc2n3-c2c(-c3ccccc3C#N)cc(-c3cc(-c4ccccc4)nc(-c4ccccc4)n3)cc2-c2ccccc2C#N)c(C#N)c1. The second kappa shape index (κ2) is 16.5. The topological polar surface area (TPSA) is 150 Å². The minimum Gasteiger partial charge on any atom is -0.308 e. The Morgan fingerprint density at radius 1 is 0.354 bits per heavy atom. The van der Waals surface area contributed by atoms with Gasteiger partial charge in [0.05, 0.1) is 86.3 Å². The highest BCUT2D eigenvalue weighted by Gasteiger charge is 2.25. The Labute approximate surface area is 374 Å². The maximum absolute atomic E-state index is 10.7. The van der Waals surface area contributed by atoms with Crippen molar-refractivity contribution in [1.29, 1.82) is 26.3 Å². The third kappa shape index (κ3) is 6.88. The zero-order chi connectivity index (χ0) is 44.4. The molecule has 0 fully saturated rings. The summed E-state index contributed by atoms with van der Waals surface area (Å²) in [5.74, 6) is 0.545. The van der Waals surface area contributed by atoms with Crippen molar-refractivity contribution in [1.82, 2.24) is 14.5 Å². The highest BCUT2D eigenvalue weighted by molar-refractivity contribution is 6.12. The van der Waals surface area contributed by atoms with Crippen LogP contribution in [0.2, 0.25) is 0 Å². The zero-order valence-corrected chi connectivity index (χ0v) is 34.4. The summed E-state index contributed by atoms with van der Waals surface area (Å²) >= 11 is 0. The van der Waals surface area contributed by atoms with Gasteiger partial charge < -0.3 is 4.57 Å². The number of nitrogens with zero attached hydrogens (tertiary/aromatic N) is 8. The highest BCUT2D eigenvalue weighted by atomic mass is 15.0. The van der Waals surface area contributed by atoms with Gasteiger partial charge in [-0.3, -0.25) is 0 Å². The van der Waals surface area contributed by atoms with Gasteiger partial charge in [0.25, 0.3) is 0 Å². The second-order valence-electron chi connectivity index (χ2n) is 15.3. The molecule has 2 aromatic heterocycles. The summed E-state index contributed by atoms with van der Waals surface area (Å²) < 4.78 is 2.17. The van der Waals surface area contributed by atoms with E-state index in [1.165, 1.54) is 12.1 Å². The number of para-hydroxylation sites is 1. The standard InChI is InChI=1S/C57H30N8/c58-31-36-25-43(34-61)55(44(26-36)35-62)39-23-24-54-48(27-39)47-21-11-12-22-53(47)65(54)56-49(45-19-9-7-17-40(45)32-59)28-42(29-50(56)46-20-10-8-18-41(46)33-60)52-30-51(37-13-3-1-4-14-37)63-57(64-52)38-15-5-2-6-16-38/h1-30H. The third-order valence-electron chi connectivity index (χ3n) is 11.6. The maximum atomic E-state index is 10.7. The molecule has 0 aliphatic heterocycles. The van der Waals surface area contributed by atoms with E-state index in [1.54, 1.807) is 12.1 Å². The van der Waals surface area contributed by atoms with Crippen molar-refractivity contribution in [2.45, 2.75) is 0 Å². The lowest BCUT2D eigenvalue weighted by atomic mass is 9.88. The number of benzene rings is 8. The molecule has 298 valence electrons. The molecule has 0 saturated carbocycles. The summed E-state index contributed by atoms with van der Waals surface area (Å²) in [7, 11) is 0. The van der Waals surface area contributed by atoms with Crippen molar-refractivity contribution < 1.29 is 0 Å². The molecule has 10 aromatic rings. The lowest BCUT2D eigenvalue weighted by molar-refractivity contribution is 1.17. The van der Waals surface area contributed by atoms with E-state index in [9.17, 15) is 26.3 Å². The number of nitriles is 5. The van der Waals surface area contributed by atoms with Crippen LogP contribution in [-0.2, 0) is 0 Å². The maximum Gasteiger partial charge on any atom is 0.160 e. The van der Waals surface area contributed by atoms with Crippen molar-refractivity contribution in [3.05, 3.63) is 210 Å². The number of hydrogen-bond acceptors (Lipinski definition) is 7. The van der Waals surface area contributed by atoms with Crippen molar-refractivity contribution in [3.8, 4) is 103 Å². The fourth-order valence-electron chi connectivity index (χ4n) is 8.70. The first-order valence-corrected chi connectivity index (χ1v) is 20.6. The minimum atomic E-state index is 0.223. The molecule has 65 heavy (non-hydrogen) atoms. The van der Waals surface area contributed by atoms with Crippen LogP contribution in [0.4, 0.5) is 0 Å². The van der Waals surface area contributed by atoms with Crippen LogP contribution in [0.3, 0.4) is 0 Å². The number of aromatic nitrogens is 3. The summed E-state index contributed by atoms with van der Waals surface area (Å²) in [5, 5.41) is 53.3. The smallest absolute Gasteiger partial charge is 0.160 e. The molecule has 0 aliphatic carbocycles. The van der Waals surface area contributed by atoms with Crippen LogP contribution >= 0.6 is 0 Å².